The van der Waals surface area contributed by atoms with Gasteiger partial charge in [-0.3, -0.25) is 4.79 Å². The molecule has 2 aliphatic rings. The molecule has 35 heavy (non-hydrogen) atoms. The highest BCUT2D eigenvalue weighted by atomic mass is 35.5. The summed E-state index contributed by atoms with van der Waals surface area (Å²) in [5.41, 5.74) is 8.33. The minimum Gasteiger partial charge on any atom is -0.378 e. The van der Waals surface area contributed by atoms with Gasteiger partial charge in [-0.25, -0.2) is 5.43 Å². The van der Waals surface area contributed by atoms with Gasteiger partial charge in [-0.05, 0) is 79.3 Å². The summed E-state index contributed by atoms with van der Waals surface area (Å²) in [5.74, 6) is 0.728. The minimum absolute atomic E-state index is 0.131. The lowest BCUT2D eigenvalue weighted by atomic mass is 9.76. The number of hydrazone groups is 1. The number of carbonyl (C=O) groups excluding carboxylic acids is 1. The van der Waals surface area contributed by atoms with Crippen molar-refractivity contribution in [2.24, 2.45) is 11.0 Å². The number of amides is 1. The fourth-order valence-electron chi connectivity index (χ4n) is 4.88. The normalized spacial score (nSPS) is 21.6. The second-order valence-electron chi connectivity index (χ2n) is 9.08. The van der Waals surface area contributed by atoms with Crippen molar-refractivity contribution in [3.63, 3.8) is 0 Å². The molecule has 4 atom stereocenters. The van der Waals surface area contributed by atoms with Gasteiger partial charge in [0.2, 0.25) is 0 Å². The fourth-order valence-corrected chi connectivity index (χ4v) is 5.86. The lowest BCUT2D eigenvalue weighted by Crippen LogP contribution is -2.29. The largest absolute Gasteiger partial charge is 0.378 e. The first kappa shape index (κ1) is 23.7. The Balaban J connectivity index is 1.30. The first-order valence-electron chi connectivity index (χ1n) is 11.9. The van der Waals surface area contributed by atoms with Crippen molar-refractivity contribution in [3.05, 3.63) is 107 Å². The van der Waals surface area contributed by atoms with Crippen molar-refractivity contribution in [1.82, 2.24) is 5.43 Å². The van der Waals surface area contributed by atoms with Crippen molar-refractivity contribution in [2.75, 3.05) is 5.32 Å². The van der Waals surface area contributed by atoms with E-state index in [2.05, 4.69) is 76.5 Å². The average molecular weight is 502 g/mol. The van der Waals surface area contributed by atoms with E-state index in [1.165, 1.54) is 28.6 Å². The first-order chi connectivity index (χ1) is 17.0. The van der Waals surface area contributed by atoms with E-state index in [1.807, 2.05) is 38.1 Å². The lowest BCUT2D eigenvalue weighted by Gasteiger charge is -2.37. The van der Waals surface area contributed by atoms with Gasteiger partial charge in [0.1, 0.15) is 0 Å². The predicted molar refractivity (Wildman–Crippen MR) is 146 cm³/mol. The third kappa shape index (κ3) is 5.16. The summed E-state index contributed by atoms with van der Waals surface area (Å²) in [7, 11) is 0. The molecule has 0 aromatic heterocycles. The molecule has 0 saturated heterocycles. The summed E-state index contributed by atoms with van der Waals surface area (Å²) in [6, 6.07) is 24.9. The lowest BCUT2D eigenvalue weighted by molar-refractivity contribution is -0.120. The Morgan fingerprint density at radius 3 is 2.66 bits per heavy atom. The molecule has 0 spiro atoms. The first-order valence-corrected chi connectivity index (χ1v) is 13.1. The summed E-state index contributed by atoms with van der Waals surface area (Å²) in [6.07, 6.45) is 5.71. The molecule has 1 aliphatic heterocycles. The zero-order chi connectivity index (χ0) is 24.4. The Morgan fingerprint density at radius 2 is 1.89 bits per heavy atom. The minimum atomic E-state index is -0.278. The van der Waals surface area contributed by atoms with Crippen LogP contribution in [-0.4, -0.2) is 16.9 Å². The zero-order valence-electron chi connectivity index (χ0n) is 19.7. The van der Waals surface area contributed by atoms with Gasteiger partial charge in [0, 0.05) is 21.5 Å². The fraction of sp³-hybridized carbons (Fsp3) is 0.241. The molecule has 178 valence electrons. The molecule has 0 saturated carbocycles. The summed E-state index contributed by atoms with van der Waals surface area (Å²) >= 11 is 7.43. The number of allylic oxidation sites excluding steroid dienone is 2. The van der Waals surface area contributed by atoms with Crippen LogP contribution in [0.3, 0.4) is 0 Å². The molecule has 5 rings (SSSR count). The quantitative estimate of drug-likeness (QED) is 0.163. The van der Waals surface area contributed by atoms with E-state index in [9.17, 15) is 4.79 Å². The monoisotopic (exact) mass is 501 g/mol. The van der Waals surface area contributed by atoms with Crippen molar-refractivity contribution in [2.45, 2.75) is 42.4 Å². The number of rotatable bonds is 6. The van der Waals surface area contributed by atoms with Crippen LogP contribution < -0.4 is 10.7 Å². The van der Waals surface area contributed by atoms with Crippen LogP contribution in [0.4, 0.5) is 5.69 Å². The Hall–Kier alpha value is -3.02. The number of nitrogens with one attached hydrogen (secondary N) is 2. The number of hydrogen-bond donors (Lipinski definition) is 2. The molecule has 0 fully saturated rings. The Bertz CT molecular complexity index is 1270. The van der Waals surface area contributed by atoms with Crippen LogP contribution in [0.1, 0.15) is 48.9 Å². The van der Waals surface area contributed by atoms with Crippen LogP contribution in [0.5, 0.6) is 0 Å². The number of hydrogen-bond acceptors (Lipinski definition) is 4. The number of benzene rings is 3. The van der Waals surface area contributed by atoms with E-state index in [4.69, 9.17) is 11.6 Å². The van der Waals surface area contributed by atoms with Gasteiger partial charge in [-0.2, -0.15) is 5.10 Å². The Morgan fingerprint density at radius 1 is 1.11 bits per heavy atom. The van der Waals surface area contributed by atoms with Gasteiger partial charge < -0.3 is 5.32 Å². The van der Waals surface area contributed by atoms with Crippen LogP contribution in [-0.2, 0) is 4.79 Å². The van der Waals surface area contributed by atoms with Gasteiger partial charge in [-0.1, -0.05) is 60.2 Å². The Labute approximate surface area is 215 Å². The molecule has 3 aromatic rings. The van der Waals surface area contributed by atoms with E-state index in [1.54, 1.807) is 0 Å². The van der Waals surface area contributed by atoms with Crippen LogP contribution in [0, 0.1) is 5.92 Å². The van der Waals surface area contributed by atoms with Crippen molar-refractivity contribution in [1.29, 1.82) is 0 Å². The van der Waals surface area contributed by atoms with E-state index in [0.717, 1.165) is 22.6 Å². The molecule has 6 heteroatoms. The molecule has 1 amide bonds. The molecule has 1 aliphatic carbocycles. The molecule has 0 bridgehead atoms. The van der Waals surface area contributed by atoms with Gasteiger partial charge in [-0.15, -0.1) is 11.8 Å². The number of carbonyl (C=O) groups is 1. The molecular weight excluding hydrogens is 474 g/mol. The third-order valence-corrected chi connectivity index (χ3v) is 8.13. The van der Waals surface area contributed by atoms with Crippen molar-refractivity contribution < 1.29 is 4.79 Å². The van der Waals surface area contributed by atoms with Gasteiger partial charge >= 0.3 is 0 Å². The maximum absolute atomic E-state index is 12.6. The second kappa shape index (κ2) is 10.3. The van der Waals surface area contributed by atoms with Gasteiger partial charge in [0.15, 0.2) is 0 Å². The zero-order valence-corrected chi connectivity index (χ0v) is 21.3. The molecule has 2 N–H and O–H groups in total. The number of fused-ring (bicyclic) bond motifs is 3. The molecular formula is C29H28ClN3OS. The highest BCUT2D eigenvalue weighted by Gasteiger charge is 2.37. The van der Waals surface area contributed by atoms with Crippen LogP contribution >= 0.6 is 23.4 Å². The smallest absolute Gasteiger partial charge is 0.253 e. The number of nitrogens with zero attached hydrogens (tertiary/aromatic N) is 1. The van der Waals surface area contributed by atoms with Crippen LogP contribution in [0.25, 0.3) is 0 Å². The summed E-state index contributed by atoms with van der Waals surface area (Å²) in [5, 5.41) is 8.60. The molecule has 4 nitrogen and oxygen atoms in total. The SMILES string of the molecule is C/C(=N/NC(=O)[C@H](C)Sc1ccc(Cl)cc1)c1ccc2c(c1)[C@@H]1C=CC[C@@H]1[C@H](c1ccccc1)N2. The highest BCUT2D eigenvalue weighted by molar-refractivity contribution is 8.00. The molecule has 1 heterocycles. The second-order valence-corrected chi connectivity index (χ2v) is 10.9. The summed E-state index contributed by atoms with van der Waals surface area (Å²) in [6.45, 7) is 3.81. The maximum Gasteiger partial charge on any atom is 0.253 e. The molecule has 0 radical (unpaired) electrons. The van der Waals surface area contributed by atoms with Crippen LogP contribution in [0.15, 0.2) is 94.9 Å². The van der Waals surface area contributed by atoms with Crippen molar-refractivity contribution in [3.8, 4) is 0 Å². The number of thioether (sulfide) groups is 1. The molecule has 0 unspecified atom stereocenters. The van der Waals surface area contributed by atoms with Crippen molar-refractivity contribution >= 4 is 40.7 Å². The Kier molecular flexibility index (Phi) is 6.98. The summed E-state index contributed by atoms with van der Waals surface area (Å²) in [4.78, 5) is 13.6. The van der Waals surface area contributed by atoms with E-state index < -0.39 is 0 Å². The van der Waals surface area contributed by atoms with E-state index >= 15 is 0 Å². The topological polar surface area (TPSA) is 53.5 Å². The van der Waals surface area contributed by atoms with Gasteiger partial charge in [0.25, 0.3) is 5.91 Å². The van der Waals surface area contributed by atoms with Crippen LogP contribution in [0.2, 0.25) is 5.02 Å². The highest BCUT2D eigenvalue weighted by Crippen LogP contribution is 2.49. The standard InChI is InChI=1S/C29H28ClN3OS/c1-18(32-33-29(34)19(2)35-23-14-12-22(30)13-15-23)21-11-16-27-26(17-21)24-9-6-10-25(24)28(31-27)20-7-4-3-5-8-20/h3-9,11-17,19,24-25,28,31H,10H2,1-2H3,(H,33,34)/b32-18-/t19-,24+,25-,28-/m0/s1. The third-order valence-electron chi connectivity index (χ3n) is 6.77. The predicted octanol–water partition coefficient (Wildman–Crippen LogP) is 7.19. The van der Waals surface area contributed by atoms with E-state index in [-0.39, 0.29) is 11.2 Å². The average Bonchev–Trinajstić information content (AvgIpc) is 3.38. The summed E-state index contributed by atoms with van der Waals surface area (Å²) < 4.78 is 0. The van der Waals surface area contributed by atoms with Gasteiger partial charge in [0.05, 0.1) is 17.0 Å². The molecule has 3 aromatic carbocycles. The van der Waals surface area contributed by atoms with E-state index in [0.29, 0.717) is 22.9 Å². The maximum atomic E-state index is 12.6. The number of halogens is 1. The number of anilines is 1.